The number of aliphatic hydroxyl groups is 1. The van der Waals surface area contributed by atoms with Crippen molar-refractivity contribution in [2.45, 2.75) is 51.0 Å². The quantitative estimate of drug-likeness (QED) is 0.718. The van der Waals surface area contributed by atoms with Crippen LogP contribution in [0.4, 0.5) is 0 Å². The van der Waals surface area contributed by atoms with Crippen molar-refractivity contribution in [3.05, 3.63) is 29.3 Å². The molecule has 0 bridgehead atoms. The first-order valence-corrected chi connectivity index (χ1v) is 9.08. The van der Waals surface area contributed by atoms with Crippen LogP contribution >= 0.6 is 0 Å². The van der Waals surface area contributed by atoms with Crippen molar-refractivity contribution in [2.75, 3.05) is 7.11 Å². The summed E-state index contributed by atoms with van der Waals surface area (Å²) >= 11 is 0. The Hall–Kier alpha value is -1.66. The van der Waals surface area contributed by atoms with Crippen LogP contribution in [-0.4, -0.2) is 23.4 Å². The molecule has 2 N–H and O–H groups in total. The predicted molar refractivity (Wildman–Crippen MR) is 92.4 cm³/mol. The first-order chi connectivity index (χ1) is 11.5. The normalized spacial score (nSPS) is 39.9. The summed E-state index contributed by atoms with van der Waals surface area (Å²) in [7, 11) is 1.61. The van der Waals surface area contributed by atoms with Crippen LogP contribution in [0.25, 0.3) is 0 Å². The van der Waals surface area contributed by atoms with Gasteiger partial charge in [-0.15, -0.1) is 0 Å². The lowest BCUT2D eigenvalue weighted by atomic mass is 9.52. The predicted octanol–water partition coefficient (Wildman–Crippen LogP) is 3.44. The van der Waals surface area contributed by atoms with E-state index < -0.39 is 0 Å². The van der Waals surface area contributed by atoms with Crippen LogP contribution in [0.5, 0.6) is 5.75 Å². The molecule has 128 valence electrons. The van der Waals surface area contributed by atoms with Gasteiger partial charge in [0.1, 0.15) is 11.9 Å². The molecule has 1 aromatic carbocycles. The first kappa shape index (κ1) is 15.8. The monoisotopic (exact) mass is 326 g/mol. The number of ether oxygens (including phenoxy) is 1. The molecule has 6 atom stereocenters. The molecule has 0 aromatic heterocycles. The highest BCUT2D eigenvalue weighted by atomic mass is 16.5. The maximum atomic E-state index is 10.6. The van der Waals surface area contributed by atoms with Gasteiger partial charge in [-0.3, -0.25) is 0 Å². The highest BCUT2D eigenvalue weighted by Gasteiger charge is 2.57. The Morgan fingerprint density at radius 3 is 2.88 bits per heavy atom. The molecule has 3 aliphatic carbocycles. The molecule has 2 saturated carbocycles. The first-order valence-electron chi connectivity index (χ1n) is 9.08. The molecular formula is C21H26O3. The molecule has 1 aromatic rings. The molecule has 0 radical (unpaired) electrons. The fourth-order valence-corrected chi connectivity index (χ4v) is 5.94. The summed E-state index contributed by atoms with van der Waals surface area (Å²) in [5.41, 5.74) is 2.59. The fraction of sp³-hybridized carbons (Fsp3) is 0.619. The number of rotatable bonds is 0. The molecular weight excluding hydrogens is 300 g/mol. The number of hydrogen-bond donors (Lipinski definition) is 2. The van der Waals surface area contributed by atoms with Crippen LogP contribution in [0.1, 0.15) is 49.7 Å². The van der Waals surface area contributed by atoms with E-state index in [4.69, 9.17) is 4.74 Å². The van der Waals surface area contributed by atoms with Gasteiger partial charge in [-0.1, -0.05) is 18.9 Å². The van der Waals surface area contributed by atoms with Crippen molar-refractivity contribution < 1.29 is 14.9 Å². The Morgan fingerprint density at radius 1 is 1.25 bits per heavy atom. The summed E-state index contributed by atoms with van der Waals surface area (Å²) in [4.78, 5) is 0. The Kier molecular flexibility index (Phi) is 3.77. The molecule has 4 rings (SSSR count). The van der Waals surface area contributed by atoms with E-state index in [1.165, 1.54) is 11.1 Å². The van der Waals surface area contributed by atoms with E-state index in [2.05, 4.69) is 25.0 Å². The van der Waals surface area contributed by atoms with Crippen LogP contribution in [0.15, 0.2) is 18.2 Å². The van der Waals surface area contributed by atoms with E-state index in [1.807, 2.05) is 6.07 Å². The van der Waals surface area contributed by atoms with Crippen molar-refractivity contribution in [3.8, 4) is 17.8 Å². The Labute approximate surface area is 144 Å². The average Bonchev–Trinajstić information content (AvgIpc) is 2.87. The highest BCUT2D eigenvalue weighted by molar-refractivity contribution is 5.41. The van der Waals surface area contributed by atoms with Gasteiger partial charge >= 0.3 is 0 Å². The van der Waals surface area contributed by atoms with Gasteiger partial charge in [0.15, 0.2) is 0 Å². The van der Waals surface area contributed by atoms with Crippen molar-refractivity contribution in [2.24, 2.45) is 23.2 Å². The lowest BCUT2D eigenvalue weighted by Gasteiger charge is -2.52. The zero-order valence-electron chi connectivity index (χ0n) is 14.5. The van der Waals surface area contributed by atoms with E-state index in [0.717, 1.165) is 32.1 Å². The highest BCUT2D eigenvalue weighted by Crippen LogP contribution is 2.62. The van der Waals surface area contributed by atoms with Gasteiger partial charge < -0.3 is 14.9 Å². The van der Waals surface area contributed by atoms with Gasteiger partial charge in [0.05, 0.1) is 13.2 Å². The molecule has 0 heterocycles. The van der Waals surface area contributed by atoms with Crippen LogP contribution < -0.4 is 0 Å². The van der Waals surface area contributed by atoms with E-state index in [1.54, 1.807) is 13.2 Å². The number of methoxy groups -OCH3 is 1. The van der Waals surface area contributed by atoms with E-state index in [-0.39, 0.29) is 17.4 Å². The zero-order chi connectivity index (χ0) is 16.9. The minimum atomic E-state index is -0.212. The van der Waals surface area contributed by atoms with Crippen molar-refractivity contribution in [3.63, 3.8) is 0 Å². The molecule has 1 unspecified atom stereocenters. The van der Waals surface area contributed by atoms with Gasteiger partial charge in [0.25, 0.3) is 0 Å². The molecule has 0 amide bonds. The summed E-state index contributed by atoms with van der Waals surface area (Å²) in [6.07, 6.45) is 7.71. The smallest absolute Gasteiger partial charge is 0.115 e. The lowest BCUT2D eigenvalue weighted by Crippen LogP contribution is -2.47. The van der Waals surface area contributed by atoms with Crippen molar-refractivity contribution in [1.82, 2.24) is 0 Å². The van der Waals surface area contributed by atoms with E-state index in [0.29, 0.717) is 23.5 Å². The molecule has 3 heteroatoms. The molecule has 0 spiro atoms. The molecule has 3 nitrogen and oxygen atoms in total. The SMILES string of the molecule is COC#CC1C[C@]2(C)[C@H](O)CC[C@H]2[C@@H]2CCc3cc(O)ccc3[C@@H]12. The molecule has 2 fully saturated rings. The number of phenols is 1. The fourth-order valence-electron chi connectivity index (χ4n) is 5.94. The largest absolute Gasteiger partial charge is 0.508 e. The van der Waals surface area contributed by atoms with Crippen LogP contribution in [0, 0.1) is 35.2 Å². The molecule has 24 heavy (non-hydrogen) atoms. The van der Waals surface area contributed by atoms with Gasteiger partial charge in [0, 0.05) is 11.8 Å². The summed E-state index contributed by atoms with van der Waals surface area (Å²) in [5.74, 6) is 5.41. The number of benzene rings is 1. The number of hydrogen-bond acceptors (Lipinski definition) is 3. The molecule has 0 aliphatic heterocycles. The number of fused-ring (bicyclic) bond motifs is 5. The minimum Gasteiger partial charge on any atom is -0.508 e. The number of aryl methyl sites for hydroxylation is 1. The van der Waals surface area contributed by atoms with Gasteiger partial charge in [-0.25, -0.2) is 0 Å². The van der Waals surface area contributed by atoms with Gasteiger partial charge in [-0.2, -0.15) is 0 Å². The summed E-state index contributed by atoms with van der Waals surface area (Å²) in [6.45, 7) is 2.26. The molecule has 0 saturated heterocycles. The second-order valence-electron chi connectivity index (χ2n) is 8.08. The maximum Gasteiger partial charge on any atom is 0.115 e. The standard InChI is InChI=1S/C21H26O3/c1-21-12-14(9-10-24-2)20-16-6-4-15(22)11-13(16)3-5-17(20)18(21)7-8-19(21)23/h4,6,11,14,17-20,22-23H,3,5,7-8,12H2,1-2H3/t14?,17-,18-,19+,20+,21-/m0/s1. The van der Waals surface area contributed by atoms with E-state index in [9.17, 15) is 10.2 Å². The average molecular weight is 326 g/mol. The van der Waals surface area contributed by atoms with Gasteiger partial charge in [0.2, 0.25) is 0 Å². The van der Waals surface area contributed by atoms with Crippen LogP contribution in [0.2, 0.25) is 0 Å². The third kappa shape index (κ3) is 2.24. The minimum absolute atomic E-state index is 0.0251. The second-order valence-corrected chi connectivity index (χ2v) is 8.08. The van der Waals surface area contributed by atoms with Crippen LogP contribution in [-0.2, 0) is 11.2 Å². The summed E-state index contributed by atoms with van der Waals surface area (Å²) in [5, 5.41) is 20.5. The van der Waals surface area contributed by atoms with Gasteiger partial charge in [-0.05, 0) is 72.6 Å². The number of phenolic OH excluding ortho intramolecular Hbond substituents is 1. The Balaban J connectivity index is 1.80. The topological polar surface area (TPSA) is 49.7 Å². The van der Waals surface area contributed by atoms with Crippen LogP contribution in [0.3, 0.4) is 0 Å². The maximum absolute atomic E-state index is 10.6. The third-order valence-corrected chi connectivity index (χ3v) is 7.01. The van der Waals surface area contributed by atoms with Crippen molar-refractivity contribution >= 4 is 0 Å². The number of aromatic hydroxyl groups is 1. The Morgan fingerprint density at radius 2 is 2.08 bits per heavy atom. The zero-order valence-corrected chi connectivity index (χ0v) is 14.5. The number of aliphatic hydroxyl groups excluding tert-OH is 1. The Bertz CT molecular complexity index is 701. The van der Waals surface area contributed by atoms with Crippen molar-refractivity contribution in [1.29, 1.82) is 0 Å². The lowest BCUT2D eigenvalue weighted by molar-refractivity contribution is -0.0368. The third-order valence-electron chi connectivity index (χ3n) is 7.01. The summed E-state index contributed by atoms with van der Waals surface area (Å²) < 4.78 is 5.04. The van der Waals surface area contributed by atoms with E-state index >= 15 is 0 Å². The summed E-state index contributed by atoms with van der Waals surface area (Å²) in [6, 6.07) is 5.82. The molecule has 3 aliphatic rings. The second kappa shape index (κ2) is 5.70.